The minimum Gasteiger partial charge on any atom is -0.304 e. The Morgan fingerprint density at radius 2 is 1.27 bits per heavy atom. The average Bonchev–Trinajstić information content (AvgIpc) is 2.86. The molecule has 0 saturated heterocycles. The van der Waals surface area contributed by atoms with Crippen LogP contribution < -0.4 is 0 Å². The first-order valence-corrected chi connectivity index (χ1v) is 10.6. The van der Waals surface area contributed by atoms with E-state index in [-0.39, 0.29) is 20.1 Å². The number of aryl methyl sites for hydroxylation is 2. The summed E-state index contributed by atoms with van der Waals surface area (Å²) in [4.78, 5) is 8.97. The van der Waals surface area contributed by atoms with Crippen molar-refractivity contribution in [2.45, 2.75) is 13.8 Å². The fraction of sp³-hybridized carbons (Fsp3) is 0.0667. The second-order valence-corrected chi connectivity index (χ2v) is 7.47. The van der Waals surface area contributed by atoms with Gasteiger partial charge in [0, 0.05) is 37.6 Å². The van der Waals surface area contributed by atoms with Crippen LogP contribution in [0.3, 0.4) is 0 Å². The van der Waals surface area contributed by atoms with Crippen LogP contribution in [-0.4, -0.2) is 9.97 Å². The van der Waals surface area contributed by atoms with Gasteiger partial charge in [0.05, 0.1) is 0 Å². The van der Waals surface area contributed by atoms with Crippen molar-refractivity contribution in [2.75, 3.05) is 0 Å². The maximum atomic E-state index is 4.55. The van der Waals surface area contributed by atoms with Gasteiger partial charge in [0.25, 0.3) is 0 Å². The molecule has 0 N–H and O–H groups in total. The zero-order chi connectivity index (χ0) is 22.2. The van der Waals surface area contributed by atoms with Crippen molar-refractivity contribution in [3.05, 3.63) is 133 Å². The third-order valence-corrected chi connectivity index (χ3v) is 5.05. The van der Waals surface area contributed by atoms with Gasteiger partial charge >= 0.3 is 0 Å². The molecule has 0 aliphatic heterocycles. The zero-order valence-electron chi connectivity index (χ0n) is 18.6. The Hall–Kier alpha value is -3.39. The normalized spacial score (nSPS) is 9.88. The van der Waals surface area contributed by atoms with Gasteiger partial charge in [0.2, 0.25) is 0 Å². The SMILES string of the molecule is Cc1cc(-c2[c-]cccc2)ncc1-c1ccccc1.Cc1cccc(-c2[c-]cccc2)n1.[Ir]. The summed E-state index contributed by atoms with van der Waals surface area (Å²) in [5.41, 5.74) is 8.69. The summed E-state index contributed by atoms with van der Waals surface area (Å²) in [6.45, 7) is 4.11. The average molecular weight is 605 g/mol. The summed E-state index contributed by atoms with van der Waals surface area (Å²) >= 11 is 0. The fourth-order valence-corrected chi connectivity index (χ4v) is 3.42. The third kappa shape index (κ3) is 6.55. The second-order valence-electron chi connectivity index (χ2n) is 7.47. The Morgan fingerprint density at radius 1 is 0.636 bits per heavy atom. The van der Waals surface area contributed by atoms with E-state index in [0.29, 0.717) is 0 Å². The van der Waals surface area contributed by atoms with E-state index in [4.69, 9.17) is 0 Å². The quantitative estimate of drug-likeness (QED) is 0.201. The molecule has 2 nitrogen and oxygen atoms in total. The van der Waals surface area contributed by atoms with Gasteiger partial charge < -0.3 is 9.97 Å². The molecule has 1 radical (unpaired) electrons. The van der Waals surface area contributed by atoms with E-state index >= 15 is 0 Å². The van der Waals surface area contributed by atoms with E-state index in [9.17, 15) is 0 Å². The minimum absolute atomic E-state index is 0. The standard InChI is InChI=1S/C18H14N.C12H10N.Ir/c1-14-12-18(16-10-6-3-7-11-16)19-13-17(14)15-8-4-2-5-9-15;1-10-6-5-9-12(13-10)11-7-3-2-4-8-11;/h2-10,12-13H,1H3;2-7,9H,1H3;/q2*-1;. The van der Waals surface area contributed by atoms with Gasteiger partial charge in [-0.15, -0.1) is 71.8 Å². The summed E-state index contributed by atoms with van der Waals surface area (Å²) in [7, 11) is 0. The number of nitrogens with zero attached hydrogens (tertiary/aromatic N) is 2. The number of hydrogen-bond donors (Lipinski definition) is 0. The van der Waals surface area contributed by atoms with Gasteiger partial charge in [-0.05, 0) is 42.4 Å². The van der Waals surface area contributed by atoms with Crippen molar-refractivity contribution in [3.8, 4) is 33.6 Å². The van der Waals surface area contributed by atoms with Crippen LogP contribution in [0.1, 0.15) is 11.3 Å². The predicted molar refractivity (Wildman–Crippen MR) is 132 cm³/mol. The van der Waals surface area contributed by atoms with E-state index in [1.165, 1.54) is 16.7 Å². The Morgan fingerprint density at radius 3 is 1.85 bits per heavy atom. The van der Waals surface area contributed by atoms with Crippen molar-refractivity contribution in [2.24, 2.45) is 0 Å². The van der Waals surface area contributed by atoms with Crippen LogP contribution >= 0.6 is 0 Å². The molecule has 0 fully saturated rings. The molecule has 3 heteroatoms. The fourth-order valence-electron chi connectivity index (χ4n) is 3.42. The Balaban J connectivity index is 0.000000192. The molecule has 2 heterocycles. The Bertz CT molecular complexity index is 1270. The minimum atomic E-state index is 0. The molecule has 165 valence electrons. The Labute approximate surface area is 209 Å². The summed E-state index contributed by atoms with van der Waals surface area (Å²) < 4.78 is 0. The topological polar surface area (TPSA) is 25.8 Å². The smallest absolute Gasteiger partial charge is 0.0266 e. The zero-order valence-corrected chi connectivity index (χ0v) is 21.0. The number of pyridine rings is 2. The van der Waals surface area contributed by atoms with Crippen molar-refractivity contribution in [3.63, 3.8) is 0 Å². The van der Waals surface area contributed by atoms with E-state index in [1.807, 2.05) is 98.0 Å². The molecule has 0 aliphatic carbocycles. The first kappa shape index (κ1) is 24.3. The van der Waals surface area contributed by atoms with E-state index in [0.717, 1.165) is 28.2 Å². The molecule has 0 unspecified atom stereocenters. The molecule has 0 bridgehead atoms. The second kappa shape index (κ2) is 12.0. The van der Waals surface area contributed by atoms with E-state index < -0.39 is 0 Å². The number of aromatic nitrogens is 2. The summed E-state index contributed by atoms with van der Waals surface area (Å²) in [5, 5.41) is 0. The van der Waals surface area contributed by atoms with Gasteiger partial charge in [-0.3, -0.25) is 0 Å². The molecular weight excluding hydrogens is 581 g/mol. The van der Waals surface area contributed by atoms with E-state index in [1.54, 1.807) is 0 Å². The molecule has 5 rings (SSSR count). The van der Waals surface area contributed by atoms with Gasteiger partial charge in [0.1, 0.15) is 0 Å². The maximum Gasteiger partial charge on any atom is 0.0266 e. The van der Waals surface area contributed by atoms with Crippen molar-refractivity contribution in [1.82, 2.24) is 9.97 Å². The summed E-state index contributed by atoms with van der Waals surface area (Å²) in [5.74, 6) is 0. The maximum absolute atomic E-state index is 4.55. The van der Waals surface area contributed by atoms with Crippen LogP contribution in [0, 0.1) is 26.0 Å². The van der Waals surface area contributed by atoms with Crippen LogP contribution in [0.4, 0.5) is 0 Å². The number of benzene rings is 3. The Kier molecular flexibility index (Phi) is 8.83. The molecule has 3 aromatic carbocycles. The van der Waals surface area contributed by atoms with Gasteiger partial charge in [-0.25, -0.2) is 0 Å². The molecule has 0 spiro atoms. The summed E-state index contributed by atoms with van der Waals surface area (Å²) in [6.07, 6.45) is 1.95. The van der Waals surface area contributed by atoms with Crippen LogP contribution in [0.25, 0.3) is 33.6 Å². The van der Waals surface area contributed by atoms with Crippen LogP contribution in [0.2, 0.25) is 0 Å². The van der Waals surface area contributed by atoms with E-state index in [2.05, 4.69) is 47.2 Å². The molecular formula is C30H24IrN2-2. The van der Waals surface area contributed by atoms with Crippen molar-refractivity contribution < 1.29 is 20.1 Å². The number of hydrogen-bond acceptors (Lipinski definition) is 2. The van der Waals surface area contributed by atoms with Crippen LogP contribution in [0.15, 0.2) is 109 Å². The van der Waals surface area contributed by atoms with Gasteiger partial charge in [-0.2, -0.15) is 0 Å². The molecule has 0 amide bonds. The molecule has 0 saturated carbocycles. The van der Waals surface area contributed by atoms with Crippen molar-refractivity contribution >= 4 is 0 Å². The largest absolute Gasteiger partial charge is 0.304 e. The first-order chi connectivity index (χ1) is 15.7. The summed E-state index contributed by atoms with van der Waals surface area (Å²) in [6, 6.07) is 40.6. The predicted octanol–water partition coefficient (Wildman–Crippen LogP) is 7.38. The molecule has 33 heavy (non-hydrogen) atoms. The third-order valence-electron chi connectivity index (χ3n) is 5.05. The molecule has 5 aromatic rings. The van der Waals surface area contributed by atoms with Crippen molar-refractivity contribution in [1.29, 1.82) is 0 Å². The molecule has 2 aromatic heterocycles. The number of rotatable bonds is 3. The first-order valence-electron chi connectivity index (χ1n) is 10.6. The monoisotopic (exact) mass is 605 g/mol. The molecule has 0 aliphatic rings. The van der Waals surface area contributed by atoms with Crippen LogP contribution in [-0.2, 0) is 20.1 Å². The van der Waals surface area contributed by atoms with Gasteiger partial charge in [0.15, 0.2) is 0 Å². The molecule has 0 atom stereocenters. The van der Waals surface area contributed by atoms with Crippen LogP contribution in [0.5, 0.6) is 0 Å². The van der Waals surface area contributed by atoms with Gasteiger partial charge in [-0.1, -0.05) is 48.5 Å².